The molecule has 0 bridgehead atoms. The molecule has 4 heteroatoms. The fourth-order valence-corrected chi connectivity index (χ4v) is 11.2. The number of carbonyl (C=O) groups is 1. The molecule has 2 aliphatic rings. The zero-order valence-electron chi connectivity index (χ0n) is 18.3. The normalized spacial score (nSPS) is 27.0. The number of hydrogen-bond acceptors (Lipinski definition) is 2. The highest BCUT2D eigenvalue weighted by Crippen LogP contribution is 2.54. The van der Waals surface area contributed by atoms with E-state index in [1.165, 1.54) is 15.9 Å². The Kier molecular flexibility index (Phi) is 5.71. The Morgan fingerprint density at radius 1 is 1.00 bits per heavy atom. The third-order valence-electron chi connectivity index (χ3n) is 7.07. The largest absolute Gasteiger partial charge is 0.404 e. The van der Waals surface area contributed by atoms with Gasteiger partial charge in [-0.15, -0.1) is 0 Å². The van der Waals surface area contributed by atoms with Crippen LogP contribution in [0.1, 0.15) is 47.0 Å². The number of alkyl halides is 1. The first-order valence-corrected chi connectivity index (χ1v) is 13.7. The summed E-state index contributed by atoms with van der Waals surface area (Å²) in [4.78, 5) is 12.4. The topological polar surface area (TPSA) is 26.3 Å². The molecular formula is C26H31BrO2Si. The standard InChI is InChI=1S/C26H31BrO2Si/c1-25(2,3)30(20-11-7-5-8-12-20,21-13-9-6-10-14-21)29-24-18-23(27)22-17-19(28)15-16-26(22,24)4/h5-14,17,23-24H,15-16,18H2,1-4H3/t23?,24-,26-/m0/s1. The molecule has 0 saturated heterocycles. The molecule has 1 unspecified atom stereocenters. The minimum Gasteiger partial charge on any atom is -0.404 e. The number of carbonyl (C=O) groups excluding carboxylic acids is 1. The lowest BCUT2D eigenvalue weighted by Gasteiger charge is -2.48. The van der Waals surface area contributed by atoms with E-state index in [1.54, 1.807) is 0 Å². The average Bonchev–Trinajstić information content (AvgIpc) is 2.96. The van der Waals surface area contributed by atoms with Gasteiger partial charge in [0.15, 0.2) is 5.78 Å². The second-order valence-corrected chi connectivity index (χ2v) is 15.3. The molecule has 0 aliphatic heterocycles. The van der Waals surface area contributed by atoms with Gasteiger partial charge in [-0.3, -0.25) is 4.79 Å². The predicted molar refractivity (Wildman–Crippen MR) is 130 cm³/mol. The van der Waals surface area contributed by atoms with Crippen LogP contribution in [0.25, 0.3) is 0 Å². The Balaban J connectivity index is 1.88. The third-order valence-corrected chi connectivity index (χ3v) is 13.0. The summed E-state index contributed by atoms with van der Waals surface area (Å²) in [5.74, 6) is 0.248. The third kappa shape index (κ3) is 3.47. The molecule has 0 N–H and O–H groups in total. The van der Waals surface area contributed by atoms with Crippen molar-refractivity contribution in [3.05, 3.63) is 72.3 Å². The summed E-state index contributed by atoms with van der Waals surface area (Å²) in [7, 11) is -2.62. The van der Waals surface area contributed by atoms with Crippen molar-refractivity contribution in [3.63, 3.8) is 0 Å². The Bertz CT molecular complexity index is 909. The maximum atomic E-state index is 12.2. The number of halogens is 1. The number of benzene rings is 2. The van der Waals surface area contributed by atoms with Crippen molar-refractivity contribution in [2.24, 2.45) is 5.41 Å². The van der Waals surface area contributed by atoms with E-state index in [4.69, 9.17) is 4.43 Å². The summed E-state index contributed by atoms with van der Waals surface area (Å²) in [5.41, 5.74) is 1.12. The van der Waals surface area contributed by atoms with Gasteiger partial charge in [-0.05, 0) is 39.9 Å². The maximum absolute atomic E-state index is 12.2. The summed E-state index contributed by atoms with van der Waals surface area (Å²) in [6.45, 7) is 9.27. The van der Waals surface area contributed by atoms with Gasteiger partial charge >= 0.3 is 0 Å². The molecule has 0 radical (unpaired) electrons. The quantitative estimate of drug-likeness (QED) is 0.430. The smallest absolute Gasteiger partial charge is 0.261 e. The van der Waals surface area contributed by atoms with Crippen molar-refractivity contribution in [1.82, 2.24) is 0 Å². The highest BCUT2D eigenvalue weighted by atomic mass is 79.9. The fourth-order valence-electron chi connectivity index (χ4n) is 5.39. The summed E-state index contributed by atoms with van der Waals surface area (Å²) < 4.78 is 7.47. The second-order valence-electron chi connectivity index (χ2n) is 9.96. The number of allylic oxidation sites excluding steroid dienone is 1. The lowest BCUT2D eigenvalue weighted by atomic mass is 9.74. The highest BCUT2D eigenvalue weighted by Gasteiger charge is 2.57. The van der Waals surface area contributed by atoms with E-state index in [1.807, 2.05) is 6.08 Å². The molecule has 0 spiro atoms. The molecule has 2 aliphatic carbocycles. The van der Waals surface area contributed by atoms with Gasteiger partial charge in [-0.2, -0.15) is 0 Å². The minimum atomic E-state index is -2.62. The van der Waals surface area contributed by atoms with Crippen molar-refractivity contribution in [2.45, 2.75) is 62.9 Å². The van der Waals surface area contributed by atoms with Crippen molar-refractivity contribution >= 4 is 40.4 Å². The lowest BCUT2D eigenvalue weighted by Crippen LogP contribution is -2.68. The molecule has 2 nitrogen and oxygen atoms in total. The van der Waals surface area contributed by atoms with Gasteiger partial charge in [-0.25, -0.2) is 0 Å². The van der Waals surface area contributed by atoms with Crippen LogP contribution in [0.15, 0.2) is 72.3 Å². The van der Waals surface area contributed by atoms with E-state index < -0.39 is 8.32 Å². The van der Waals surface area contributed by atoms with Gasteiger partial charge in [0.25, 0.3) is 8.32 Å². The molecule has 1 fully saturated rings. The molecule has 0 amide bonds. The van der Waals surface area contributed by atoms with Crippen LogP contribution in [0.5, 0.6) is 0 Å². The first kappa shape index (κ1) is 21.7. The summed E-state index contributed by atoms with van der Waals surface area (Å²) in [6.07, 6.45) is 4.34. The number of fused-ring (bicyclic) bond motifs is 1. The summed E-state index contributed by atoms with van der Waals surface area (Å²) in [6, 6.07) is 21.6. The summed E-state index contributed by atoms with van der Waals surface area (Å²) in [5, 5.41) is 2.57. The first-order valence-electron chi connectivity index (χ1n) is 10.9. The van der Waals surface area contributed by atoms with Crippen LogP contribution in [0.4, 0.5) is 0 Å². The van der Waals surface area contributed by atoms with Crippen LogP contribution in [-0.4, -0.2) is 25.0 Å². The van der Waals surface area contributed by atoms with Crippen LogP contribution < -0.4 is 10.4 Å². The highest BCUT2D eigenvalue weighted by molar-refractivity contribution is 9.09. The van der Waals surface area contributed by atoms with Crippen LogP contribution >= 0.6 is 15.9 Å². The minimum absolute atomic E-state index is 0.0508. The van der Waals surface area contributed by atoms with Crippen LogP contribution in [0.2, 0.25) is 5.04 Å². The zero-order chi connectivity index (χ0) is 21.6. The van der Waals surface area contributed by atoms with E-state index in [0.29, 0.717) is 6.42 Å². The SMILES string of the molecule is CC(C)(C)[Si](O[C@H]1CC(Br)C2=CC(=O)CC[C@@]21C)(c1ccccc1)c1ccccc1. The Morgan fingerprint density at radius 2 is 1.53 bits per heavy atom. The number of ketones is 1. The monoisotopic (exact) mass is 482 g/mol. The van der Waals surface area contributed by atoms with Crippen LogP contribution in [0, 0.1) is 5.41 Å². The molecule has 3 atom stereocenters. The first-order chi connectivity index (χ1) is 14.2. The Morgan fingerprint density at radius 3 is 2.03 bits per heavy atom. The Labute approximate surface area is 190 Å². The van der Waals surface area contributed by atoms with Crippen molar-refractivity contribution < 1.29 is 9.22 Å². The average molecular weight is 484 g/mol. The van der Waals surface area contributed by atoms with Crippen molar-refractivity contribution in [2.75, 3.05) is 0 Å². The van der Waals surface area contributed by atoms with Crippen LogP contribution in [0.3, 0.4) is 0 Å². The van der Waals surface area contributed by atoms with Gasteiger partial charge in [0.1, 0.15) is 0 Å². The van der Waals surface area contributed by atoms with Crippen molar-refractivity contribution in [1.29, 1.82) is 0 Å². The fraction of sp³-hybridized carbons (Fsp3) is 0.423. The van der Waals surface area contributed by atoms with Gasteiger partial charge in [-0.1, -0.05) is 104 Å². The lowest BCUT2D eigenvalue weighted by molar-refractivity contribution is -0.116. The molecule has 4 rings (SSSR count). The molecule has 2 aromatic carbocycles. The van der Waals surface area contributed by atoms with E-state index >= 15 is 0 Å². The van der Waals surface area contributed by atoms with Crippen LogP contribution in [-0.2, 0) is 9.22 Å². The second kappa shape index (κ2) is 7.89. The molecule has 30 heavy (non-hydrogen) atoms. The van der Waals surface area contributed by atoms with Gasteiger partial charge in [0, 0.05) is 16.7 Å². The predicted octanol–water partition coefficient (Wildman–Crippen LogP) is 5.39. The van der Waals surface area contributed by atoms with Crippen molar-refractivity contribution in [3.8, 4) is 0 Å². The van der Waals surface area contributed by atoms with Gasteiger partial charge in [0.2, 0.25) is 0 Å². The zero-order valence-corrected chi connectivity index (χ0v) is 20.9. The molecule has 2 aromatic rings. The van der Waals surface area contributed by atoms with E-state index in [9.17, 15) is 4.79 Å². The molecular weight excluding hydrogens is 452 g/mol. The van der Waals surface area contributed by atoms with E-state index in [-0.39, 0.29) is 27.2 Å². The molecule has 158 valence electrons. The molecule has 1 saturated carbocycles. The maximum Gasteiger partial charge on any atom is 0.261 e. The van der Waals surface area contributed by atoms with E-state index in [2.05, 4.69) is 104 Å². The number of rotatable bonds is 4. The van der Waals surface area contributed by atoms with Gasteiger partial charge < -0.3 is 4.43 Å². The Hall–Kier alpha value is -1.49. The van der Waals surface area contributed by atoms with Gasteiger partial charge in [0.05, 0.1) is 6.10 Å². The summed E-state index contributed by atoms with van der Waals surface area (Å²) >= 11 is 3.87. The molecule has 0 aromatic heterocycles. The molecule has 0 heterocycles. The number of hydrogen-bond donors (Lipinski definition) is 0. The van der Waals surface area contributed by atoms with E-state index in [0.717, 1.165) is 12.8 Å².